The van der Waals surface area contributed by atoms with Gasteiger partial charge in [0.05, 0.1) is 0 Å². The van der Waals surface area contributed by atoms with E-state index in [0.717, 1.165) is 18.5 Å². The van der Waals surface area contributed by atoms with Crippen LogP contribution in [0.5, 0.6) is 0 Å². The molecule has 1 fully saturated rings. The Morgan fingerprint density at radius 1 is 1.31 bits per heavy atom. The summed E-state index contributed by atoms with van der Waals surface area (Å²) in [6.45, 7) is 10.3. The number of likely N-dealkylation sites (N-methyl/N-ethyl adjacent to an activating group) is 2. The van der Waals surface area contributed by atoms with Crippen molar-refractivity contribution >= 4 is 0 Å². The van der Waals surface area contributed by atoms with Gasteiger partial charge in [0.15, 0.2) is 0 Å². The van der Waals surface area contributed by atoms with Gasteiger partial charge in [0.2, 0.25) is 0 Å². The van der Waals surface area contributed by atoms with Gasteiger partial charge in [-0.3, -0.25) is 4.90 Å². The first kappa shape index (κ1) is 14.0. The summed E-state index contributed by atoms with van der Waals surface area (Å²) in [4.78, 5) is 2.60. The Bertz CT molecular complexity index is 193. The molecular formula is C14H30N2. The molecule has 0 bridgehead atoms. The van der Waals surface area contributed by atoms with Crippen LogP contribution in [0, 0.1) is 5.92 Å². The Morgan fingerprint density at radius 3 is 2.56 bits per heavy atom. The van der Waals surface area contributed by atoms with Gasteiger partial charge in [-0.05, 0) is 46.2 Å². The molecule has 0 spiro atoms. The van der Waals surface area contributed by atoms with E-state index in [-0.39, 0.29) is 0 Å². The molecule has 4 unspecified atom stereocenters. The molecule has 4 atom stereocenters. The van der Waals surface area contributed by atoms with Gasteiger partial charge in [0, 0.05) is 18.1 Å². The molecule has 0 radical (unpaired) electrons. The van der Waals surface area contributed by atoms with Gasteiger partial charge >= 0.3 is 0 Å². The lowest BCUT2D eigenvalue weighted by atomic mass is 9.85. The smallest absolute Gasteiger partial charge is 0.0218 e. The van der Waals surface area contributed by atoms with Crippen LogP contribution >= 0.6 is 0 Å². The zero-order valence-corrected chi connectivity index (χ0v) is 11.8. The van der Waals surface area contributed by atoms with Crippen LogP contribution in [0.15, 0.2) is 0 Å². The highest BCUT2D eigenvalue weighted by molar-refractivity contribution is 4.83. The van der Waals surface area contributed by atoms with E-state index in [1.807, 2.05) is 0 Å². The Kier molecular flexibility index (Phi) is 5.77. The monoisotopic (exact) mass is 226 g/mol. The molecule has 2 heteroatoms. The van der Waals surface area contributed by atoms with Crippen LogP contribution < -0.4 is 5.32 Å². The molecule has 1 saturated carbocycles. The van der Waals surface area contributed by atoms with E-state index < -0.39 is 0 Å². The normalized spacial score (nSPS) is 30.4. The van der Waals surface area contributed by atoms with Crippen molar-refractivity contribution in [3.05, 3.63) is 0 Å². The number of nitrogens with zero attached hydrogens (tertiary/aromatic N) is 1. The fourth-order valence-corrected chi connectivity index (χ4v) is 2.95. The van der Waals surface area contributed by atoms with Crippen molar-refractivity contribution in [1.29, 1.82) is 0 Å². The quantitative estimate of drug-likeness (QED) is 0.775. The van der Waals surface area contributed by atoms with Crippen LogP contribution in [0.2, 0.25) is 0 Å². The first-order valence-corrected chi connectivity index (χ1v) is 7.01. The fourth-order valence-electron chi connectivity index (χ4n) is 2.95. The lowest BCUT2D eigenvalue weighted by Gasteiger charge is -2.40. The zero-order valence-electron chi connectivity index (χ0n) is 11.8. The Morgan fingerprint density at radius 2 is 2.00 bits per heavy atom. The molecule has 0 aromatic carbocycles. The van der Waals surface area contributed by atoms with Crippen LogP contribution in [-0.2, 0) is 0 Å². The summed E-state index contributed by atoms with van der Waals surface area (Å²) < 4.78 is 0. The van der Waals surface area contributed by atoms with Crippen molar-refractivity contribution in [2.45, 2.75) is 71.5 Å². The average molecular weight is 226 g/mol. The van der Waals surface area contributed by atoms with Crippen molar-refractivity contribution < 1.29 is 0 Å². The molecule has 2 nitrogen and oxygen atoms in total. The minimum Gasteiger partial charge on any atom is -0.313 e. The van der Waals surface area contributed by atoms with Crippen LogP contribution in [0.25, 0.3) is 0 Å². The molecule has 1 N–H and O–H groups in total. The molecule has 1 aliphatic rings. The predicted octanol–water partition coefficient (Wildman–Crippen LogP) is 2.88. The topological polar surface area (TPSA) is 15.3 Å². The fraction of sp³-hybridized carbons (Fsp3) is 1.00. The molecule has 1 rings (SSSR count). The van der Waals surface area contributed by atoms with Gasteiger partial charge in [-0.15, -0.1) is 0 Å². The highest BCUT2D eigenvalue weighted by Gasteiger charge is 2.27. The maximum Gasteiger partial charge on any atom is 0.0218 e. The molecule has 96 valence electrons. The third-order valence-electron chi connectivity index (χ3n) is 4.38. The lowest BCUT2D eigenvalue weighted by molar-refractivity contribution is 0.108. The second kappa shape index (κ2) is 6.61. The summed E-state index contributed by atoms with van der Waals surface area (Å²) in [5.41, 5.74) is 0. The molecule has 0 amide bonds. The summed E-state index contributed by atoms with van der Waals surface area (Å²) in [7, 11) is 2.31. The zero-order chi connectivity index (χ0) is 12.1. The lowest BCUT2D eigenvalue weighted by Crippen LogP contribution is -2.50. The third-order valence-corrected chi connectivity index (χ3v) is 4.38. The maximum atomic E-state index is 3.53. The van der Waals surface area contributed by atoms with Gasteiger partial charge in [0.25, 0.3) is 0 Å². The minimum atomic E-state index is 0.590. The van der Waals surface area contributed by atoms with Crippen LogP contribution in [-0.4, -0.2) is 36.6 Å². The van der Waals surface area contributed by atoms with E-state index >= 15 is 0 Å². The summed E-state index contributed by atoms with van der Waals surface area (Å²) in [5, 5.41) is 3.53. The number of rotatable bonds is 5. The third kappa shape index (κ3) is 3.74. The first-order chi connectivity index (χ1) is 7.56. The molecule has 0 saturated heterocycles. The maximum absolute atomic E-state index is 3.53. The van der Waals surface area contributed by atoms with Gasteiger partial charge in [-0.2, -0.15) is 0 Å². The Balaban J connectivity index is 2.45. The molecule has 0 aromatic heterocycles. The average Bonchev–Trinajstić information content (AvgIpc) is 2.27. The highest BCUT2D eigenvalue weighted by atomic mass is 15.2. The standard InChI is InChI=1S/C14H30N2/c1-6-15-12(3)13(4)16(5)14-9-7-8-11(2)10-14/h11-15H,6-10H2,1-5H3. The second-order valence-corrected chi connectivity index (χ2v) is 5.68. The summed E-state index contributed by atoms with van der Waals surface area (Å²) in [6.07, 6.45) is 5.63. The van der Waals surface area contributed by atoms with Gasteiger partial charge in [-0.1, -0.05) is 26.7 Å². The SMILES string of the molecule is CCNC(C)C(C)N(C)C1CCCC(C)C1. The molecule has 0 aliphatic heterocycles. The van der Waals surface area contributed by atoms with Crippen molar-refractivity contribution in [2.24, 2.45) is 5.92 Å². The highest BCUT2D eigenvalue weighted by Crippen LogP contribution is 2.27. The molecule has 0 aromatic rings. The van der Waals surface area contributed by atoms with E-state index in [4.69, 9.17) is 0 Å². The second-order valence-electron chi connectivity index (χ2n) is 5.68. The van der Waals surface area contributed by atoms with E-state index in [0.29, 0.717) is 12.1 Å². The van der Waals surface area contributed by atoms with Crippen molar-refractivity contribution in [3.63, 3.8) is 0 Å². The van der Waals surface area contributed by atoms with Crippen molar-refractivity contribution in [2.75, 3.05) is 13.6 Å². The Hall–Kier alpha value is -0.0800. The van der Waals surface area contributed by atoms with E-state index in [1.165, 1.54) is 25.7 Å². The summed E-state index contributed by atoms with van der Waals surface area (Å²) in [6, 6.07) is 2.03. The first-order valence-electron chi connectivity index (χ1n) is 7.01. The molecular weight excluding hydrogens is 196 g/mol. The van der Waals surface area contributed by atoms with Gasteiger partial charge < -0.3 is 5.32 Å². The Labute approximate surface area is 102 Å². The number of nitrogens with one attached hydrogen (secondary N) is 1. The molecule has 16 heavy (non-hydrogen) atoms. The van der Waals surface area contributed by atoms with Crippen molar-refractivity contribution in [3.8, 4) is 0 Å². The van der Waals surface area contributed by atoms with Crippen LogP contribution in [0.3, 0.4) is 0 Å². The minimum absolute atomic E-state index is 0.590. The van der Waals surface area contributed by atoms with Crippen molar-refractivity contribution in [1.82, 2.24) is 10.2 Å². The predicted molar refractivity (Wildman–Crippen MR) is 71.8 cm³/mol. The van der Waals surface area contributed by atoms with Gasteiger partial charge in [-0.25, -0.2) is 0 Å². The van der Waals surface area contributed by atoms with E-state index in [2.05, 4.69) is 45.0 Å². The van der Waals surface area contributed by atoms with Crippen LogP contribution in [0.4, 0.5) is 0 Å². The summed E-state index contributed by atoms with van der Waals surface area (Å²) in [5.74, 6) is 0.919. The number of hydrogen-bond acceptors (Lipinski definition) is 2. The summed E-state index contributed by atoms with van der Waals surface area (Å²) >= 11 is 0. The largest absolute Gasteiger partial charge is 0.313 e. The molecule has 0 heterocycles. The van der Waals surface area contributed by atoms with E-state index in [1.54, 1.807) is 0 Å². The van der Waals surface area contributed by atoms with Gasteiger partial charge in [0.1, 0.15) is 0 Å². The van der Waals surface area contributed by atoms with Crippen LogP contribution in [0.1, 0.15) is 53.4 Å². The number of hydrogen-bond donors (Lipinski definition) is 1. The molecule has 1 aliphatic carbocycles. The van der Waals surface area contributed by atoms with E-state index in [9.17, 15) is 0 Å².